The molecule has 92 valence electrons. The summed E-state index contributed by atoms with van der Waals surface area (Å²) in [4.78, 5) is 19.4. The molecule has 0 aliphatic heterocycles. The van der Waals surface area contributed by atoms with E-state index in [2.05, 4.69) is 25.9 Å². The number of carbonyl (C=O) groups is 1. The van der Waals surface area contributed by atoms with Gasteiger partial charge in [0.05, 0.1) is 5.56 Å². The lowest BCUT2D eigenvalue weighted by Gasteiger charge is -2.09. The van der Waals surface area contributed by atoms with Gasteiger partial charge in [-0.2, -0.15) is 0 Å². The number of nitrogens with one attached hydrogen (secondary N) is 3. The second-order valence-electron chi connectivity index (χ2n) is 3.25. The molecule has 6 heteroatoms. The smallest absolute Gasteiger partial charge is 0.252 e. The van der Waals surface area contributed by atoms with Gasteiger partial charge < -0.3 is 16.0 Å². The highest BCUT2D eigenvalue weighted by atomic mass is 16.1. The van der Waals surface area contributed by atoms with Crippen molar-refractivity contribution < 1.29 is 4.79 Å². The summed E-state index contributed by atoms with van der Waals surface area (Å²) >= 11 is 0. The number of aromatic nitrogens is 1. The molecule has 0 spiro atoms. The quantitative estimate of drug-likeness (QED) is 0.377. The molecule has 0 fully saturated rings. The van der Waals surface area contributed by atoms with Crippen molar-refractivity contribution in [3.63, 3.8) is 0 Å². The Morgan fingerprint density at radius 2 is 2.18 bits per heavy atom. The molecule has 0 aromatic carbocycles. The van der Waals surface area contributed by atoms with Crippen LogP contribution in [0.5, 0.6) is 0 Å². The van der Waals surface area contributed by atoms with Crippen molar-refractivity contribution in [3.05, 3.63) is 30.1 Å². The molecular formula is C11H17N5O. The summed E-state index contributed by atoms with van der Waals surface area (Å²) in [6, 6.07) is 3.46. The monoisotopic (exact) mass is 235 g/mol. The maximum atomic E-state index is 11.6. The standard InChI is InChI=1S/C11H17N5O/c1-12-11(13-2)16-7-6-15-10(17)9-4-3-5-14-8-9/h3-5,8H,6-7H2,1-2H3,(H,15,17)(H2,12,13,16). The normalized spacial score (nSPS) is 10.8. The van der Waals surface area contributed by atoms with Crippen molar-refractivity contribution >= 4 is 11.9 Å². The molecule has 1 aromatic rings. The van der Waals surface area contributed by atoms with Crippen LogP contribution in [-0.4, -0.2) is 44.0 Å². The van der Waals surface area contributed by atoms with Gasteiger partial charge in [0.1, 0.15) is 0 Å². The van der Waals surface area contributed by atoms with E-state index in [-0.39, 0.29) is 5.91 Å². The van der Waals surface area contributed by atoms with E-state index in [4.69, 9.17) is 0 Å². The highest BCUT2D eigenvalue weighted by molar-refractivity contribution is 5.93. The van der Waals surface area contributed by atoms with Crippen LogP contribution >= 0.6 is 0 Å². The Kier molecular flexibility index (Phi) is 5.50. The van der Waals surface area contributed by atoms with Crippen molar-refractivity contribution in [2.75, 3.05) is 27.2 Å². The Labute approximate surface area is 101 Å². The number of hydrogen-bond acceptors (Lipinski definition) is 3. The Hall–Kier alpha value is -2.11. The molecule has 1 amide bonds. The summed E-state index contributed by atoms with van der Waals surface area (Å²) in [5.41, 5.74) is 0.561. The predicted molar refractivity (Wildman–Crippen MR) is 67.0 cm³/mol. The average Bonchev–Trinajstić information content (AvgIpc) is 2.40. The van der Waals surface area contributed by atoms with Crippen LogP contribution in [0.1, 0.15) is 10.4 Å². The van der Waals surface area contributed by atoms with Crippen LogP contribution in [0.15, 0.2) is 29.5 Å². The largest absolute Gasteiger partial charge is 0.359 e. The molecule has 1 heterocycles. The van der Waals surface area contributed by atoms with Crippen LogP contribution in [0.2, 0.25) is 0 Å². The van der Waals surface area contributed by atoms with E-state index >= 15 is 0 Å². The van der Waals surface area contributed by atoms with Gasteiger partial charge in [0.2, 0.25) is 0 Å². The van der Waals surface area contributed by atoms with Gasteiger partial charge in [-0.1, -0.05) is 0 Å². The molecule has 0 bridgehead atoms. The lowest BCUT2D eigenvalue weighted by molar-refractivity contribution is 0.0954. The van der Waals surface area contributed by atoms with Gasteiger partial charge in [-0.05, 0) is 12.1 Å². The van der Waals surface area contributed by atoms with E-state index in [9.17, 15) is 4.79 Å². The first-order valence-corrected chi connectivity index (χ1v) is 5.34. The second-order valence-corrected chi connectivity index (χ2v) is 3.25. The molecule has 0 unspecified atom stereocenters. The van der Waals surface area contributed by atoms with Gasteiger partial charge in [-0.15, -0.1) is 0 Å². The van der Waals surface area contributed by atoms with Crippen LogP contribution in [0.3, 0.4) is 0 Å². The number of pyridine rings is 1. The molecule has 17 heavy (non-hydrogen) atoms. The maximum absolute atomic E-state index is 11.6. The summed E-state index contributed by atoms with van der Waals surface area (Å²) < 4.78 is 0. The van der Waals surface area contributed by atoms with Gasteiger partial charge in [0.15, 0.2) is 5.96 Å². The summed E-state index contributed by atoms with van der Waals surface area (Å²) in [6.45, 7) is 1.13. The molecule has 1 rings (SSSR count). The van der Waals surface area contributed by atoms with Gasteiger partial charge in [-0.3, -0.25) is 14.8 Å². The van der Waals surface area contributed by atoms with E-state index in [0.29, 0.717) is 24.6 Å². The third-order valence-corrected chi connectivity index (χ3v) is 2.09. The molecular weight excluding hydrogens is 218 g/mol. The molecule has 1 aromatic heterocycles. The number of guanidine groups is 1. The van der Waals surface area contributed by atoms with Crippen molar-refractivity contribution in [3.8, 4) is 0 Å². The van der Waals surface area contributed by atoms with Gasteiger partial charge in [0.25, 0.3) is 5.91 Å². The zero-order valence-electron chi connectivity index (χ0n) is 10.0. The Morgan fingerprint density at radius 3 is 2.76 bits per heavy atom. The topological polar surface area (TPSA) is 78.4 Å². The minimum atomic E-state index is -0.126. The lowest BCUT2D eigenvalue weighted by atomic mass is 10.3. The van der Waals surface area contributed by atoms with Crippen LogP contribution in [0, 0.1) is 0 Å². The minimum absolute atomic E-state index is 0.126. The van der Waals surface area contributed by atoms with Gasteiger partial charge in [0, 0.05) is 39.6 Å². The SMILES string of the molecule is CN=C(NC)NCCNC(=O)c1cccnc1. The molecule has 0 saturated heterocycles. The number of rotatable bonds is 4. The molecule has 0 atom stereocenters. The van der Waals surface area contributed by atoms with Crippen molar-refractivity contribution in [1.82, 2.24) is 20.9 Å². The number of nitrogens with zero attached hydrogens (tertiary/aromatic N) is 2. The van der Waals surface area contributed by atoms with Crippen molar-refractivity contribution in [2.24, 2.45) is 4.99 Å². The van der Waals surface area contributed by atoms with Crippen LogP contribution in [-0.2, 0) is 0 Å². The fourth-order valence-corrected chi connectivity index (χ4v) is 1.24. The molecule has 0 aliphatic carbocycles. The minimum Gasteiger partial charge on any atom is -0.359 e. The number of carbonyl (C=O) groups excluding carboxylic acids is 1. The molecule has 0 radical (unpaired) electrons. The lowest BCUT2D eigenvalue weighted by Crippen LogP contribution is -2.39. The number of amides is 1. The van der Waals surface area contributed by atoms with E-state index < -0.39 is 0 Å². The molecule has 0 saturated carbocycles. The van der Waals surface area contributed by atoms with Crippen molar-refractivity contribution in [2.45, 2.75) is 0 Å². The Bertz CT molecular complexity index is 377. The summed E-state index contributed by atoms with van der Waals surface area (Å²) in [5.74, 6) is 0.569. The zero-order chi connectivity index (χ0) is 12.5. The van der Waals surface area contributed by atoms with E-state index in [0.717, 1.165) is 0 Å². The van der Waals surface area contributed by atoms with Gasteiger partial charge >= 0.3 is 0 Å². The fraction of sp³-hybridized carbons (Fsp3) is 0.364. The highest BCUT2D eigenvalue weighted by Crippen LogP contribution is 1.93. The highest BCUT2D eigenvalue weighted by Gasteiger charge is 2.03. The fourth-order valence-electron chi connectivity index (χ4n) is 1.24. The summed E-state index contributed by atoms with van der Waals surface area (Å²) in [6.07, 6.45) is 3.17. The zero-order valence-corrected chi connectivity index (χ0v) is 10.0. The summed E-state index contributed by atoms with van der Waals surface area (Å²) in [5, 5.41) is 8.70. The number of hydrogen-bond donors (Lipinski definition) is 3. The third-order valence-electron chi connectivity index (χ3n) is 2.09. The first-order valence-electron chi connectivity index (χ1n) is 5.34. The Balaban J connectivity index is 2.26. The van der Waals surface area contributed by atoms with E-state index in [1.54, 1.807) is 32.4 Å². The van der Waals surface area contributed by atoms with Crippen molar-refractivity contribution in [1.29, 1.82) is 0 Å². The molecule has 6 nitrogen and oxygen atoms in total. The number of aliphatic imine (C=N–C) groups is 1. The van der Waals surface area contributed by atoms with E-state index in [1.807, 2.05) is 0 Å². The predicted octanol–water partition coefficient (Wildman–Crippen LogP) is -0.394. The third kappa shape index (κ3) is 4.50. The molecule has 0 aliphatic rings. The average molecular weight is 235 g/mol. The maximum Gasteiger partial charge on any atom is 0.252 e. The van der Waals surface area contributed by atoms with Crippen LogP contribution in [0.4, 0.5) is 0 Å². The van der Waals surface area contributed by atoms with Gasteiger partial charge in [-0.25, -0.2) is 0 Å². The van der Waals surface area contributed by atoms with Crippen LogP contribution in [0.25, 0.3) is 0 Å². The first kappa shape index (κ1) is 13.0. The van der Waals surface area contributed by atoms with E-state index in [1.165, 1.54) is 6.20 Å². The summed E-state index contributed by atoms with van der Waals surface area (Å²) in [7, 11) is 3.47. The second kappa shape index (κ2) is 7.21. The van der Waals surface area contributed by atoms with Crippen LogP contribution < -0.4 is 16.0 Å². The Morgan fingerprint density at radius 1 is 1.41 bits per heavy atom. The molecule has 3 N–H and O–H groups in total. The first-order chi connectivity index (χ1) is 8.27.